The fourth-order valence-electron chi connectivity index (χ4n) is 1.67. The first-order valence-corrected chi connectivity index (χ1v) is 7.88. The molecule has 1 aromatic carbocycles. The van der Waals surface area contributed by atoms with Gasteiger partial charge in [-0.25, -0.2) is 8.42 Å². The largest absolute Gasteiger partial charge is 0.313 e. The lowest BCUT2D eigenvalue weighted by Gasteiger charge is -2.11. The van der Waals surface area contributed by atoms with Crippen LogP contribution in [-0.4, -0.2) is 20.7 Å². The highest BCUT2D eigenvalue weighted by Crippen LogP contribution is 2.13. The molecular weight excluding hydrogens is 248 g/mol. The highest BCUT2D eigenvalue weighted by Gasteiger charge is 2.12. The van der Waals surface area contributed by atoms with Crippen molar-refractivity contribution in [1.29, 1.82) is 0 Å². The lowest BCUT2D eigenvalue weighted by molar-refractivity contribution is 0.587. The molecule has 2 N–H and O–H groups in total. The first-order chi connectivity index (χ1) is 8.43. The minimum Gasteiger partial charge on any atom is -0.313 e. The van der Waals surface area contributed by atoms with Gasteiger partial charge in [0.2, 0.25) is 10.0 Å². The molecule has 102 valence electrons. The van der Waals surface area contributed by atoms with Crippen molar-refractivity contribution in [2.24, 2.45) is 5.92 Å². The zero-order chi connectivity index (χ0) is 13.6. The number of hydrogen-bond acceptors (Lipinski definition) is 3. The van der Waals surface area contributed by atoms with E-state index in [1.165, 1.54) is 0 Å². The summed E-state index contributed by atoms with van der Waals surface area (Å²) < 4.78 is 26.2. The molecule has 0 amide bonds. The quantitative estimate of drug-likeness (QED) is 0.798. The maximum atomic E-state index is 11.8. The number of rotatable bonds is 7. The van der Waals surface area contributed by atoms with Crippen LogP contribution in [0.1, 0.15) is 26.3 Å². The Morgan fingerprint density at radius 1 is 1.28 bits per heavy atom. The Morgan fingerprint density at radius 3 is 2.61 bits per heavy atom. The van der Waals surface area contributed by atoms with Gasteiger partial charge >= 0.3 is 0 Å². The summed E-state index contributed by atoms with van der Waals surface area (Å²) in [5.41, 5.74) is 1.70. The second-order valence-corrected chi connectivity index (χ2v) is 6.52. The summed E-state index contributed by atoms with van der Waals surface area (Å²) in [6.07, 6.45) is 0. The number of benzene rings is 1. The number of anilines is 1. The van der Waals surface area contributed by atoms with E-state index in [-0.39, 0.29) is 11.7 Å². The van der Waals surface area contributed by atoms with E-state index in [1.54, 1.807) is 6.07 Å². The van der Waals surface area contributed by atoms with Crippen LogP contribution in [0.25, 0.3) is 0 Å². The molecule has 0 aliphatic rings. The van der Waals surface area contributed by atoms with Crippen LogP contribution in [0.15, 0.2) is 24.3 Å². The Kier molecular flexibility index (Phi) is 5.62. The van der Waals surface area contributed by atoms with Gasteiger partial charge in [0.25, 0.3) is 0 Å². The molecule has 0 saturated heterocycles. The lowest BCUT2D eigenvalue weighted by atomic mass is 10.2. The van der Waals surface area contributed by atoms with Gasteiger partial charge in [0.15, 0.2) is 0 Å². The third kappa shape index (κ3) is 5.51. The van der Waals surface area contributed by atoms with Crippen molar-refractivity contribution >= 4 is 15.7 Å². The molecule has 18 heavy (non-hydrogen) atoms. The zero-order valence-corrected chi connectivity index (χ0v) is 12.0. The van der Waals surface area contributed by atoms with Crippen LogP contribution < -0.4 is 10.0 Å². The van der Waals surface area contributed by atoms with Gasteiger partial charge in [-0.1, -0.05) is 32.9 Å². The maximum absolute atomic E-state index is 11.8. The summed E-state index contributed by atoms with van der Waals surface area (Å²) in [7, 11) is -3.24. The van der Waals surface area contributed by atoms with Gasteiger partial charge in [0.1, 0.15) is 0 Å². The molecular formula is C13H22N2O2S. The molecule has 0 saturated carbocycles. The van der Waals surface area contributed by atoms with Gasteiger partial charge < -0.3 is 5.32 Å². The van der Waals surface area contributed by atoms with Gasteiger partial charge in [-0.3, -0.25) is 4.72 Å². The maximum Gasteiger partial charge on any atom is 0.232 e. The molecule has 0 aliphatic carbocycles. The van der Waals surface area contributed by atoms with E-state index >= 15 is 0 Å². The fourth-order valence-corrected chi connectivity index (χ4v) is 3.12. The lowest BCUT2D eigenvalue weighted by Crippen LogP contribution is -2.20. The van der Waals surface area contributed by atoms with Crippen LogP contribution in [-0.2, 0) is 16.6 Å². The minimum absolute atomic E-state index is 0.118. The normalized spacial score (nSPS) is 11.8. The Balaban J connectivity index is 2.72. The topological polar surface area (TPSA) is 58.2 Å². The van der Waals surface area contributed by atoms with E-state index in [9.17, 15) is 8.42 Å². The molecule has 0 fully saturated rings. The Morgan fingerprint density at radius 2 is 2.00 bits per heavy atom. The molecule has 0 aromatic heterocycles. The molecule has 0 unspecified atom stereocenters. The highest BCUT2D eigenvalue weighted by atomic mass is 32.2. The molecule has 1 aromatic rings. The van der Waals surface area contributed by atoms with E-state index in [0.29, 0.717) is 5.69 Å². The van der Waals surface area contributed by atoms with Crippen LogP contribution in [0.3, 0.4) is 0 Å². The molecule has 4 nitrogen and oxygen atoms in total. The molecule has 1 rings (SSSR count). The zero-order valence-electron chi connectivity index (χ0n) is 11.2. The van der Waals surface area contributed by atoms with Crippen molar-refractivity contribution in [2.75, 3.05) is 17.0 Å². The fraction of sp³-hybridized carbons (Fsp3) is 0.538. The molecule has 0 aliphatic heterocycles. The SMILES string of the molecule is CCNCc1cccc(NS(=O)(=O)CC(C)C)c1. The van der Waals surface area contributed by atoms with Gasteiger partial charge in [-0.2, -0.15) is 0 Å². The smallest absolute Gasteiger partial charge is 0.232 e. The molecule has 0 atom stereocenters. The van der Waals surface area contributed by atoms with Crippen LogP contribution in [0.4, 0.5) is 5.69 Å². The van der Waals surface area contributed by atoms with E-state index in [2.05, 4.69) is 10.0 Å². The molecule has 5 heteroatoms. The van der Waals surface area contributed by atoms with Gasteiger partial charge in [0, 0.05) is 12.2 Å². The van der Waals surface area contributed by atoms with E-state index < -0.39 is 10.0 Å². The molecule has 0 heterocycles. The summed E-state index contributed by atoms with van der Waals surface area (Å²) in [4.78, 5) is 0. The Bertz CT molecular complexity index is 470. The number of nitrogens with one attached hydrogen (secondary N) is 2. The third-order valence-electron chi connectivity index (χ3n) is 2.33. The predicted molar refractivity (Wildman–Crippen MR) is 76.1 cm³/mol. The van der Waals surface area contributed by atoms with E-state index in [4.69, 9.17) is 0 Å². The standard InChI is InChI=1S/C13H22N2O2S/c1-4-14-9-12-6-5-7-13(8-12)15-18(16,17)10-11(2)3/h5-8,11,14-15H,4,9-10H2,1-3H3. The van der Waals surface area contributed by atoms with Crippen molar-refractivity contribution < 1.29 is 8.42 Å². The molecule has 0 spiro atoms. The summed E-state index contributed by atoms with van der Waals surface area (Å²) in [6.45, 7) is 7.45. The van der Waals surface area contributed by atoms with Crippen LogP contribution in [0, 0.1) is 5.92 Å². The predicted octanol–water partition coefficient (Wildman–Crippen LogP) is 2.19. The van der Waals surface area contributed by atoms with Crippen LogP contribution >= 0.6 is 0 Å². The Labute approximate surface area is 110 Å². The summed E-state index contributed by atoms with van der Waals surface area (Å²) in [5, 5.41) is 3.21. The second-order valence-electron chi connectivity index (χ2n) is 4.76. The number of hydrogen-bond donors (Lipinski definition) is 2. The van der Waals surface area contributed by atoms with E-state index in [1.807, 2.05) is 39.0 Å². The number of sulfonamides is 1. The highest BCUT2D eigenvalue weighted by molar-refractivity contribution is 7.92. The summed E-state index contributed by atoms with van der Waals surface area (Å²) in [6, 6.07) is 7.47. The third-order valence-corrected chi connectivity index (χ3v) is 3.98. The van der Waals surface area contributed by atoms with Crippen LogP contribution in [0.2, 0.25) is 0 Å². The van der Waals surface area contributed by atoms with E-state index in [0.717, 1.165) is 18.7 Å². The van der Waals surface area contributed by atoms with Crippen molar-refractivity contribution in [3.05, 3.63) is 29.8 Å². The molecule has 0 bridgehead atoms. The minimum atomic E-state index is -3.24. The van der Waals surface area contributed by atoms with Crippen molar-refractivity contribution in [3.63, 3.8) is 0 Å². The first-order valence-electron chi connectivity index (χ1n) is 6.23. The average Bonchev–Trinajstić information content (AvgIpc) is 2.24. The first kappa shape index (κ1) is 15.0. The van der Waals surface area contributed by atoms with Gasteiger partial charge in [0.05, 0.1) is 5.75 Å². The average molecular weight is 270 g/mol. The van der Waals surface area contributed by atoms with Crippen LogP contribution in [0.5, 0.6) is 0 Å². The van der Waals surface area contributed by atoms with Crippen molar-refractivity contribution in [3.8, 4) is 0 Å². The second kappa shape index (κ2) is 6.75. The Hall–Kier alpha value is -1.07. The molecule has 0 radical (unpaired) electrons. The summed E-state index contributed by atoms with van der Waals surface area (Å²) >= 11 is 0. The van der Waals surface area contributed by atoms with Crippen molar-refractivity contribution in [2.45, 2.75) is 27.3 Å². The van der Waals surface area contributed by atoms with Gasteiger partial charge in [-0.15, -0.1) is 0 Å². The monoisotopic (exact) mass is 270 g/mol. The summed E-state index contributed by atoms with van der Waals surface area (Å²) in [5.74, 6) is 0.261. The van der Waals surface area contributed by atoms with Gasteiger partial charge in [-0.05, 0) is 30.2 Å². The van der Waals surface area contributed by atoms with Crippen molar-refractivity contribution in [1.82, 2.24) is 5.32 Å².